The van der Waals surface area contributed by atoms with Gasteiger partial charge in [-0.05, 0) is 41.8 Å². The smallest absolute Gasteiger partial charge is 0.522 e. The molecule has 4 rings (SSSR count). The first-order chi connectivity index (χ1) is 14.1. The van der Waals surface area contributed by atoms with Gasteiger partial charge in [-0.1, -0.05) is 60.7 Å². The second-order valence-corrected chi connectivity index (χ2v) is 7.25. The number of aromatic nitrogens is 1. The van der Waals surface area contributed by atoms with Gasteiger partial charge in [-0.25, -0.2) is 0 Å². The molecule has 2 aromatic carbocycles. The predicted molar refractivity (Wildman–Crippen MR) is 112 cm³/mol. The third-order valence-electron chi connectivity index (χ3n) is 5.24. The number of hydrogen-bond acceptors (Lipinski definition) is 4. The van der Waals surface area contributed by atoms with Gasteiger partial charge < -0.3 is 9.94 Å². The Labute approximate surface area is 170 Å². The summed E-state index contributed by atoms with van der Waals surface area (Å²) in [5, 5.41) is 13.4. The van der Waals surface area contributed by atoms with Crippen LogP contribution in [-0.4, -0.2) is 28.3 Å². The molecule has 0 radical (unpaired) electrons. The number of amides is 1. The van der Waals surface area contributed by atoms with Gasteiger partial charge in [-0.15, -0.1) is 0 Å². The Hall–Kier alpha value is -3.28. The monoisotopic (exact) mass is 386 g/mol. The number of hydroxylamine groups is 3. The zero-order valence-electron chi connectivity index (χ0n) is 15.9. The normalized spacial score (nSPS) is 23.5. The number of quaternary nitrogens is 1. The van der Waals surface area contributed by atoms with Gasteiger partial charge in [0.25, 0.3) is 0 Å². The van der Waals surface area contributed by atoms with Crippen LogP contribution in [0.1, 0.15) is 11.1 Å². The van der Waals surface area contributed by atoms with E-state index < -0.39 is 16.8 Å². The van der Waals surface area contributed by atoms with Crippen molar-refractivity contribution < 1.29 is 14.2 Å². The third kappa shape index (κ3) is 4.26. The molecule has 1 fully saturated rings. The number of para-hydroxylation sites is 1. The quantitative estimate of drug-likeness (QED) is 0.464. The predicted octanol–water partition coefficient (Wildman–Crippen LogP) is 4.85. The van der Waals surface area contributed by atoms with Crippen LogP contribution >= 0.6 is 0 Å². The second-order valence-electron chi connectivity index (χ2n) is 7.25. The van der Waals surface area contributed by atoms with Crippen molar-refractivity contribution in [3.05, 3.63) is 108 Å². The van der Waals surface area contributed by atoms with E-state index in [1.807, 2.05) is 60.7 Å². The molecule has 3 aromatic rings. The fourth-order valence-corrected chi connectivity index (χ4v) is 3.73. The van der Waals surface area contributed by atoms with Crippen LogP contribution in [-0.2, 0) is 6.42 Å². The molecule has 5 heteroatoms. The summed E-state index contributed by atoms with van der Waals surface area (Å²) >= 11 is 0. The highest BCUT2D eigenvalue weighted by molar-refractivity contribution is 5.65. The van der Waals surface area contributed by atoms with Crippen molar-refractivity contribution in [3.8, 4) is 5.75 Å². The van der Waals surface area contributed by atoms with Crippen LogP contribution in [0.25, 0.3) is 6.08 Å². The number of likely N-dealkylation sites (tertiary alicyclic amines) is 1. The lowest BCUT2D eigenvalue weighted by atomic mass is 9.82. The van der Waals surface area contributed by atoms with Crippen molar-refractivity contribution in [1.29, 1.82) is 0 Å². The van der Waals surface area contributed by atoms with Gasteiger partial charge in [0.2, 0.25) is 0 Å². The fourth-order valence-electron chi connectivity index (χ4n) is 3.73. The van der Waals surface area contributed by atoms with Gasteiger partial charge in [0, 0.05) is 12.4 Å². The Bertz CT molecular complexity index is 977. The number of nitrogens with zero attached hydrogens (tertiary/aromatic N) is 2. The fraction of sp³-hybridized carbons (Fsp3) is 0.167. The van der Waals surface area contributed by atoms with Gasteiger partial charge in [0.15, 0.2) is 0 Å². The zero-order chi connectivity index (χ0) is 20.1. The molecule has 0 N–H and O–H groups in total. The minimum atomic E-state index is -1.01. The highest BCUT2D eigenvalue weighted by Crippen LogP contribution is 2.38. The van der Waals surface area contributed by atoms with Crippen molar-refractivity contribution in [2.45, 2.75) is 12.5 Å². The van der Waals surface area contributed by atoms with E-state index in [2.05, 4.69) is 4.98 Å². The minimum absolute atomic E-state index is 0.0612. The Kier molecular flexibility index (Phi) is 5.51. The Morgan fingerprint density at radius 2 is 1.79 bits per heavy atom. The number of benzene rings is 2. The second kappa shape index (κ2) is 8.39. The molecule has 5 nitrogen and oxygen atoms in total. The number of carbonyl (C=O) groups excluding carboxylic acids is 1. The van der Waals surface area contributed by atoms with Crippen LogP contribution in [0.2, 0.25) is 0 Å². The average Bonchev–Trinajstić information content (AvgIpc) is 2.75. The van der Waals surface area contributed by atoms with Crippen molar-refractivity contribution in [3.63, 3.8) is 0 Å². The van der Waals surface area contributed by atoms with Crippen LogP contribution in [0, 0.1) is 11.1 Å². The summed E-state index contributed by atoms with van der Waals surface area (Å²) in [4.78, 5) is 16.8. The Balaban J connectivity index is 1.55. The number of carbonyl (C=O) groups is 1. The molecule has 1 aliphatic rings. The summed E-state index contributed by atoms with van der Waals surface area (Å²) in [5.74, 6) is 0.443. The zero-order valence-corrected chi connectivity index (χ0v) is 15.9. The molecule has 2 heterocycles. The van der Waals surface area contributed by atoms with Crippen LogP contribution in [0.15, 0.2) is 91.3 Å². The maximum Gasteiger partial charge on any atom is 0.522 e. The standard InChI is InChI=1S/C24H22N2O3/c27-24(29-22-11-5-2-6-12-22)26(28)18-21(16-19-8-3-1-4-9-19)23(26)14-13-20-10-7-15-25-17-20/h1-15,17,21,23H,16,18H2/b14-13-. The van der Waals surface area contributed by atoms with Crippen LogP contribution in [0.3, 0.4) is 0 Å². The molecule has 0 saturated carbocycles. The molecule has 0 spiro atoms. The molecule has 0 bridgehead atoms. The van der Waals surface area contributed by atoms with Crippen molar-refractivity contribution >= 4 is 12.2 Å². The maximum atomic E-state index is 13.4. The highest BCUT2D eigenvalue weighted by Gasteiger charge is 2.53. The largest absolute Gasteiger partial charge is 0.622 e. The van der Waals surface area contributed by atoms with Crippen molar-refractivity contribution in [2.24, 2.45) is 5.92 Å². The molecule has 1 saturated heterocycles. The molecule has 0 aliphatic carbocycles. The summed E-state index contributed by atoms with van der Waals surface area (Å²) in [5.41, 5.74) is 2.04. The Morgan fingerprint density at radius 3 is 2.48 bits per heavy atom. The minimum Gasteiger partial charge on any atom is -0.622 e. The van der Waals surface area contributed by atoms with Crippen LogP contribution in [0.4, 0.5) is 4.79 Å². The van der Waals surface area contributed by atoms with Crippen LogP contribution in [0.5, 0.6) is 5.75 Å². The molecule has 146 valence electrons. The molecule has 1 aliphatic heterocycles. The van der Waals surface area contributed by atoms with Gasteiger partial charge in [-0.2, -0.15) is 4.79 Å². The number of ether oxygens (including phenoxy) is 1. The number of rotatable bonds is 5. The van der Waals surface area contributed by atoms with E-state index in [4.69, 9.17) is 4.74 Å². The third-order valence-corrected chi connectivity index (χ3v) is 5.24. The first kappa shape index (κ1) is 19.1. The lowest BCUT2D eigenvalue weighted by Gasteiger charge is -2.55. The van der Waals surface area contributed by atoms with E-state index in [1.165, 1.54) is 0 Å². The average molecular weight is 386 g/mol. The van der Waals surface area contributed by atoms with Gasteiger partial charge >= 0.3 is 6.09 Å². The Morgan fingerprint density at radius 1 is 1.07 bits per heavy atom. The molecule has 3 atom stereocenters. The van der Waals surface area contributed by atoms with Crippen molar-refractivity contribution in [1.82, 2.24) is 4.98 Å². The lowest BCUT2D eigenvalue weighted by molar-refractivity contribution is -0.881. The molecule has 1 aromatic heterocycles. The molecular formula is C24H22N2O3. The summed E-state index contributed by atoms with van der Waals surface area (Å²) in [6.45, 7) is 0.197. The molecular weight excluding hydrogens is 364 g/mol. The molecule has 1 amide bonds. The van der Waals surface area contributed by atoms with Gasteiger partial charge in [-0.3, -0.25) is 9.63 Å². The van der Waals surface area contributed by atoms with E-state index in [0.29, 0.717) is 5.75 Å². The van der Waals surface area contributed by atoms with E-state index in [-0.39, 0.29) is 12.5 Å². The lowest BCUT2D eigenvalue weighted by Crippen LogP contribution is -2.70. The maximum absolute atomic E-state index is 13.4. The van der Waals surface area contributed by atoms with Crippen molar-refractivity contribution in [2.75, 3.05) is 6.54 Å². The molecule has 29 heavy (non-hydrogen) atoms. The van der Waals surface area contributed by atoms with E-state index in [1.54, 1.807) is 36.7 Å². The van der Waals surface area contributed by atoms with E-state index in [0.717, 1.165) is 17.5 Å². The first-order valence-corrected chi connectivity index (χ1v) is 9.63. The van der Waals surface area contributed by atoms with Gasteiger partial charge in [0.05, 0.1) is 12.5 Å². The summed E-state index contributed by atoms with van der Waals surface area (Å²) in [6.07, 6.45) is 7.07. The summed E-state index contributed by atoms with van der Waals surface area (Å²) < 4.78 is 4.37. The number of pyridine rings is 1. The first-order valence-electron chi connectivity index (χ1n) is 9.63. The SMILES string of the molecule is O=C(Oc1ccccc1)[N+]1([O-])CC(Cc2ccccc2)C1/C=C\c1cccnc1. The summed E-state index contributed by atoms with van der Waals surface area (Å²) in [6, 6.07) is 22.0. The van der Waals surface area contributed by atoms with Crippen LogP contribution < -0.4 is 4.74 Å². The highest BCUT2D eigenvalue weighted by atomic mass is 16.7. The molecule has 3 unspecified atom stereocenters. The van der Waals surface area contributed by atoms with Gasteiger partial charge in [0.1, 0.15) is 11.8 Å². The van der Waals surface area contributed by atoms with E-state index in [9.17, 15) is 10.0 Å². The summed E-state index contributed by atoms with van der Waals surface area (Å²) in [7, 11) is 0. The number of hydrogen-bond donors (Lipinski definition) is 0. The van der Waals surface area contributed by atoms with E-state index >= 15 is 0 Å². The topological polar surface area (TPSA) is 62.2 Å².